The average molecular weight is 312 g/mol. The topological polar surface area (TPSA) is 17.1 Å². The molecule has 0 atom stereocenters. The number of halogens is 2. The Kier molecular flexibility index (Phi) is 10.4. The maximum absolute atomic E-state index is 9.80. The van der Waals surface area contributed by atoms with Crippen molar-refractivity contribution in [1.29, 1.82) is 0 Å². The van der Waals surface area contributed by atoms with Gasteiger partial charge in [-0.1, -0.05) is 22.6 Å². The van der Waals surface area contributed by atoms with Gasteiger partial charge in [0.2, 0.25) is 0 Å². The summed E-state index contributed by atoms with van der Waals surface area (Å²) in [6, 6.07) is 0. The smallest absolute Gasteiger partial charge is 0.139 e. The van der Waals surface area contributed by atoms with Crippen LogP contribution < -0.4 is 0 Å². The van der Waals surface area contributed by atoms with Crippen molar-refractivity contribution in [2.75, 3.05) is 4.43 Å². The molecular weight excluding hydrogens is 306 g/mol. The molecule has 0 aliphatic rings. The molecule has 0 unspecified atom stereocenters. The van der Waals surface area contributed by atoms with E-state index in [1.54, 1.807) is 6.92 Å². The lowest BCUT2D eigenvalue weighted by atomic mass is 10.5. The van der Waals surface area contributed by atoms with E-state index in [0.717, 1.165) is 0 Å². The fourth-order valence-corrected chi connectivity index (χ4v) is 0. The first-order valence-corrected chi connectivity index (χ1v) is 2.85. The lowest BCUT2D eigenvalue weighted by Crippen LogP contribution is -1.85. The normalized spacial score (nSPS) is 6.33. The molecule has 0 aromatic heterocycles. The van der Waals surface area contributed by atoms with Gasteiger partial charge in [0, 0.05) is 0 Å². The van der Waals surface area contributed by atoms with Crippen LogP contribution in [0.5, 0.6) is 0 Å². The Hall–Kier alpha value is 1.13. The maximum Gasteiger partial charge on any atom is 0.139 e. The summed E-state index contributed by atoms with van der Waals surface area (Å²) in [7, 11) is 0. The van der Waals surface area contributed by atoms with Crippen LogP contribution in [0, 0.1) is 0 Å². The Morgan fingerprint density at radius 3 is 2.00 bits per heavy atom. The number of hydrogen-bond donors (Lipinski definition) is 0. The molecule has 0 aromatic carbocycles. The highest BCUT2D eigenvalue weighted by Gasteiger charge is 1.78. The van der Waals surface area contributed by atoms with Gasteiger partial charge in [-0.2, -0.15) is 0 Å². The fraction of sp³-hybridized carbons (Fsp3) is 0.667. The van der Waals surface area contributed by atoms with Crippen LogP contribution in [0.4, 0.5) is 0 Å². The quantitative estimate of drug-likeness (QED) is 0.531. The van der Waals surface area contributed by atoms with Gasteiger partial charge in [0.05, 0.1) is 4.43 Å². The van der Waals surface area contributed by atoms with Crippen molar-refractivity contribution in [2.45, 2.75) is 6.92 Å². The van der Waals surface area contributed by atoms with Crippen molar-refractivity contribution in [3.8, 4) is 0 Å². The largest absolute Gasteiger partial charge is 0.299 e. The molecule has 0 saturated heterocycles. The molecule has 0 radical (unpaired) electrons. The molecule has 6 heavy (non-hydrogen) atoms. The van der Waals surface area contributed by atoms with Crippen molar-refractivity contribution in [3.05, 3.63) is 0 Å². The summed E-state index contributed by atoms with van der Waals surface area (Å²) < 4.78 is 0.637. The number of Topliss-reactive ketones (excluding diaryl/α,β-unsaturated/α-hetero) is 1. The lowest BCUT2D eigenvalue weighted by Gasteiger charge is -1.69. The van der Waals surface area contributed by atoms with E-state index >= 15 is 0 Å². The average Bonchev–Trinajstić information content (AvgIpc) is 1.38. The zero-order valence-electron chi connectivity index (χ0n) is 3.40. The molecule has 0 heterocycles. The molecule has 0 bridgehead atoms. The standard InChI is InChI=1S/C3H5IO.HI/c1-3(5)2-4;/h2H2,1H3;1H. The molecule has 0 aromatic rings. The minimum atomic E-state index is 0. The summed E-state index contributed by atoms with van der Waals surface area (Å²) in [6.07, 6.45) is 0. The van der Waals surface area contributed by atoms with Crippen LogP contribution in [-0.4, -0.2) is 10.2 Å². The van der Waals surface area contributed by atoms with E-state index < -0.39 is 0 Å². The summed E-state index contributed by atoms with van der Waals surface area (Å²) in [5.74, 6) is 0.241. The first kappa shape index (κ1) is 10.2. The predicted octanol–water partition coefficient (Wildman–Crippen LogP) is 1.63. The molecule has 0 fully saturated rings. The van der Waals surface area contributed by atoms with Gasteiger partial charge in [0.15, 0.2) is 0 Å². The molecule has 3 heteroatoms. The first-order chi connectivity index (χ1) is 2.27. The van der Waals surface area contributed by atoms with Crippen LogP contribution in [0.25, 0.3) is 0 Å². The van der Waals surface area contributed by atoms with E-state index in [4.69, 9.17) is 0 Å². The summed E-state index contributed by atoms with van der Waals surface area (Å²) in [6.45, 7) is 1.58. The number of rotatable bonds is 1. The van der Waals surface area contributed by atoms with Gasteiger partial charge >= 0.3 is 0 Å². The Labute approximate surface area is 68.0 Å². The Balaban J connectivity index is 0. The summed E-state index contributed by atoms with van der Waals surface area (Å²) in [5.41, 5.74) is 0. The molecule has 0 amide bonds. The minimum absolute atomic E-state index is 0. The molecule has 1 nitrogen and oxygen atoms in total. The van der Waals surface area contributed by atoms with Crippen molar-refractivity contribution in [2.24, 2.45) is 0 Å². The van der Waals surface area contributed by atoms with E-state index in [1.807, 2.05) is 22.6 Å². The monoisotopic (exact) mass is 312 g/mol. The number of ketones is 1. The van der Waals surface area contributed by atoms with Crippen molar-refractivity contribution < 1.29 is 4.79 Å². The van der Waals surface area contributed by atoms with Gasteiger partial charge in [-0.25, -0.2) is 0 Å². The zero-order chi connectivity index (χ0) is 4.28. The van der Waals surface area contributed by atoms with E-state index in [0.29, 0.717) is 4.43 Å². The molecule has 0 saturated carbocycles. The predicted molar refractivity (Wildman–Crippen MR) is 45.0 cm³/mol. The summed E-state index contributed by atoms with van der Waals surface area (Å²) in [5, 5.41) is 0. The molecular formula is C3H6I2O. The van der Waals surface area contributed by atoms with Gasteiger partial charge in [-0.15, -0.1) is 24.0 Å². The third-order valence-corrected chi connectivity index (χ3v) is 1.26. The fourth-order valence-electron chi connectivity index (χ4n) is 0. The van der Waals surface area contributed by atoms with Gasteiger partial charge in [0.25, 0.3) is 0 Å². The number of hydrogen-bond acceptors (Lipinski definition) is 1. The second kappa shape index (κ2) is 6.13. The number of alkyl halides is 1. The van der Waals surface area contributed by atoms with E-state index in [2.05, 4.69) is 0 Å². The molecule has 38 valence electrons. The van der Waals surface area contributed by atoms with Crippen LogP contribution in [0.15, 0.2) is 0 Å². The van der Waals surface area contributed by atoms with E-state index in [1.165, 1.54) is 0 Å². The second-order valence-corrected chi connectivity index (χ2v) is 1.60. The minimum Gasteiger partial charge on any atom is -0.299 e. The van der Waals surface area contributed by atoms with Crippen LogP contribution >= 0.6 is 46.6 Å². The van der Waals surface area contributed by atoms with E-state index in [9.17, 15) is 4.79 Å². The van der Waals surface area contributed by atoms with Gasteiger partial charge in [0.1, 0.15) is 5.78 Å². The highest BCUT2D eigenvalue weighted by molar-refractivity contribution is 14.1. The zero-order valence-corrected chi connectivity index (χ0v) is 7.89. The van der Waals surface area contributed by atoms with Crippen LogP contribution in [0.1, 0.15) is 6.92 Å². The summed E-state index contributed by atoms with van der Waals surface area (Å²) >= 11 is 2.03. The van der Waals surface area contributed by atoms with Crippen molar-refractivity contribution >= 4 is 52.4 Å². The van der Waals surface area contributed by atoms with Gasteiger partial charge in [-0.3, -0.25) is 4.79 Å². The van der Waals surface area contributed by atoms with Crippen molar-refractivity contribution in [3.63, 3.8) is 0 Å². The van der Waals surface area contributed by atoms with Crippen LogP contribution in [0.2, 0.25) is 0 Å². The van der Waals surface area contributed by atoms with Crippen LogP contribution in [-0.2, 0) is 4.79 Å². The van der Waals surface area contributed by atoms with Crippen molar-refractivity contribution in [1.82, 2.24) is 0 Å². The number of carbonyl (C=O) groups excluding carboxylic acids is 1. The van der Waals surface area contributed by atoms with Gasteiger partial charge in [-0.05, 0) is 6.92 Å². The van der Waals surface area contributed by atoms with Crippen LogP contribution in [0.3, 0.4) is 0 Å². The second-order valence-electron chi connectivity index (χ2n) is 0.836. The van der Waals surface area contributed by atoms with E-state index in [-0.39, 0.29) is 29.8 Å². The van der Waals surface area contributed by atoms with Gasteiger partial charge < -0.3 is 0 Å². The third-order valence-electron chi connectivity index (χ3n) is 0.188. The highest BCUT2D eigenvalue weighted by atomic mass is 127. The Morgan fingerprint density at radius 2 is 2.00 bits per heavy atom. The molecule has 0 rings (SSSR count). The third kappa shape index (κ3) is 8.93. The molecule has 0 spiro atoms. The molecule has 0 aliphatic heterocycles. The Morgan fingerprint density at radius 1 is 1.83 bits per heavy atom. The lowest BCUT2D eigenvalue weighted by molar-refractivity contribution is -0.114. The first-order valence-electron chi connectivity index (χ1n) is 1.32. The SMILES string of the molecule is CC(=O)CI.I. The maximum atomic E-state index is 9.80. The summed E-state index contributed by atoms with van der Waals surface area (Å²) in [4.78, 5) is 9.80. The molecule has 0 N–H and O–H groups in total. The Bertz CT molecular complexity index is 44.1. The highest BCUT2D eigenvalue weighted by Crippen LogP contribution is 1.77. The molecule has 0 aliphatic carbocycles. The number of carbonyl (C=O) groups is 1.